The highest BCUT2D eigenvalue weighted by Crippen LogP contribution is 2.43. The van der Waals surface area contributed by atoms with Crippen LogP contribution in [0.3, 0.4) is 0 Å². The summed E-state index contributed by atoms with van der Waals surface area (Å²) in [6.45, 7) is 0.823. The molecule has 1 aliphatic carbocycles. The summed E-state index contributed by atoms with van der Waals surface area (Å²) in [6.07, 6.45) is 5.22. The fourth-order valence-corrected chi connectivity index (χ4v) is 4.36. The fourth-order valence-electron chi connectivity index (χ4n) is 2.55. The van der Waals surface area contributed by atoms with E-state index in [0.717, 1.165) is 35.1 Å². The van der Waals surface area contributed by atoms with Gasteiger partial charge in [-0.3, -0.25) is 4.99 Å². The first-order chi connectivity index (χ1) is 10.8. The second-order valence-corrected chi connectivity index (χ2v) is 7.21. The quantitative estimate of drug-likeness (QED) is 0.908. The van der Waals surface area contributed by atoms with Crippen LogP contribution < -0.4 is 5.32 Å². The van der Waals surface area contributed by atoms with Gasteiger partial charge in [-0.05, 0) is 30.8 Å². The number of nitrogens with zero attached hydrogens (tertiary/aromatic N) is 2. The van der Waals surface area contributed by atoms with Crippen LogP contribution in [0.1, 0.15) is 17.1 Å². The Labute approximate surface area is 137 Å². The second-order valence-electron chi connectivity index (χ2n) is 5.18. The van der Waals surface area contributed by atoms with Gasteiger partial charge in [0.25, 0.3) is 0 Å². The Morgan fingerprint density at radius 3 is 3.05 bits per heavy atom. The molecule has 3 nitrogen and oxygen atoms in total. The number of fused-ring (bicyclic) bond motifs is 2. The fraction of sp³-hybridized carbons (Fsp3) is 0.176. The summed E-state index contributed by atoms with van der Waals surface area (Å²) in [5, 5.41) is 6.41. The molecule has 0 amide bonds. The van der Waals surface area contributed by atoms with Crippen molar-refractivity contribution < 1.29 is 0 Å². The smallest absolute Gasteiger partial charge is 0.107 e. The van der Waals surface area contributed by atoms with E-state index in [1.54, 1.807) is 11.3 Å². The topological polar surface area (TPSA) is 37.3 Å². The molecule has 0 spiro atoms. The minimum Gasteiger partial charge on any atom is -0.314 e. The number of para-hydroxylation sites is 1. The van der Waals surface area contributed by atoms with E-state index in [-0.39, 0.29) is 0 Å². The summed E-state index contributed by atoms with van der Waals surface area (Å²) in [6, 6.07) is 8.32. The molecule has 0 fully saturated rings. The lowest BCUT2D eigenvalue weighted by Gasteiger charge is -2.21. The molecule has 0 unspecified atom stereocenters. The number of rotatable bonds is 3. The van der Waals surface area contributed by atoms with E-state index in [1.165, 1.54) is 15.4 Å². The van der Waals surface area contributed by atoms with E-state index in [4.69, 9.17) is 9.98 Å². The van der Waals surface area contributed by atoms with Gasteiger partial charge in [0.05, 0.1) is 17.1 Å². The number of hydrogen-bond acceptors (Lipinski definition) is 5. The van der Waals surface area contributed by atoms with E-state index >= 15 is 0 Å². The Kier molecular flexibility index (Phi) is 3.70. The minimum atomic E-state index is 0.823. The third-order valence-corrected chi connectivity index (χ3v) is 5.63. The van der Waals surface area contributed by atoms with Gasteiger partial charge in [-0.15, -0.1) is 11.3 Å². The molecular weight excluding hydrogens is 310 g/mol. The molecule has 0 bridgehead atoms. The second kappa shape index (κ2) is 5.83. The van der Waals surface area contributed by atoms with Crippen LogP contribution in [0.4, 0.5) is 5.69 Å². The molecule has 2 aliphatic rings. The maximum absolute atomic E-state index is 4.84. The van der Waals surface area contributed by atoms with Gasteiger partial charge in [0.1, 0.15) is 5.01 Å². The number of allylic oxidation sites excluding steroid dienone is 4. The third-order valence-electron chi connectivity index (χ3n) is 3.63. The maximum Gasteiger partial charge on any atom is 0.107 e. The predicted octanol–water partition coefficient (Wildman–Crippen LogP) is 4.41. The number of aliphatic imine (C=N–C) groups is 1. The number of aromatic nitrogens is 1. The van der Waals surface area contributed by atoms with Crippen LogP contribution in [0.15, 0.2) is 56.6 Å². The van der Waals surface area contributed by atoms with E-state index in [1.807, 2.05) is 24.9 Å². The summed E-state index contributed by atoms with van der Waals surface area (Å²) >= 11 is 3.51. The zero-order valence-electron chi connectivity index (χ0n) is 12.2. The first-order valence-corrected chi connectivity index (χ1v) is 8.88. The van der Waals surface area contributed by atoms with Gasteiger partial charge in [0.15, 0.2) is 0 Å². The Morgan fingerprint density at radius 1 is 1.23 bits per heavy atom. The molecule has 1 aromatic carbocycles. The first kappa shape index (κ1) is 13.9. The van der Waals surface area contributed by atoms with Gasteiger partial charge in [0, 0.05) is 28.1 Å². The highest BCUT2D eigenvalue weighted by Gasteiger charge is 2.22. The molecule has 22 heavy (non-hydrogen) atoms. The number of thioether (sulfide) groups is 1. The lowest BCUT2D eigenvalue weighted by Crippen LogP contribution is -2.09. The summed E-state index contributed by atoms with van der Waals surface area (Å²) in [5.74, 6) is 0. The SMILES string of the molecule is CNCc1nc(C2=CC=C3Sc4ccccc4N=C3C2)cs1. The maximum atomic E-state index is 4.84. The number of thiazole rings is 1. The average Bonchev–Trinajstić information content (AvgIpc) is 3.01. The Hall–Kier alpha value is -1.69. The Balaban J connectivity index is 1.65. The predicted molar refractivity (Wildman–Crippen MR) is 94.9 cm³/mol. The van der Waals surface area contributed by atoms with Crippen molar-refractivity contribution in [1.29, 1.82) is 0 Å². The Bertz CT molecular complexity index is 815. The number of benzene rings is 1. The van der Waals surface area contributed by atoms with Crippen LogP contribution in [0, 0.1) is 0 Å². The lowest BCUT2D eigenvalue weighted by molar-refractivity contribution is 0.809. The molecule has 0 saturated heterocycles. The standard InChI is InChI=1S/C17H15N3S2/c1-18-9-17-20-14(10-21-17)11-6-7-16-13(8-11)19-12-4-2-3-5-15(12)22-16/h2-7,10,18H,8-9H2,1H3. The van der Waals surface area contributed by atoms with Crippen molar-refractivity contribution in [3.8, 4) is 0 Å². The number of nitrogens with one attached hydrogen (secondary N) is 1. The molecule has 5 heteroatoms. The van der Waals surface area contributed by atoms with E-state index in [9.17, 15) is 0 Å². The summed E-state index contributed by atoms with van der Waals surface area (Å²) in [5.41, 5.74) is 4.57. The van der Waals surface area contributed by atoms with Crippen LogP contribution in [-0.4, -0.2) is 17.7 Å². The van der Waals surface area contributed by atoms with Crippen LogP contribution in [0.5, 0.6) is 0 Å². The van der Waals surface area contributed by atoms with Crippen molar-refractivity contribution in [1.82, 2.24) is 10.3 Å². The largest absolute Gasteiger partial charge is 0.314 e. The molecule has 110 valence electrons. The van der Waals surface area contributed by atoms with Crippen LogP contribution in [-0.2, 0) is 6.54 Å². The molecule has 2 aromatic rings. The first-order valence-electron chi connectivity index (χ1n) is 7.18. The monoisotopic (exact) mass is 325 g/mol. The van der Waals surface area contributed by atoms with Gasteiger partial charge in [0.2, 0.25) is 0 Å². The normalized spacial score (nSPS) is 16.3. The van der Waals surface area contributed by atoms with Crippen molar-refractivity contribution in [3.63, 3.8) is 0 Å². The van der Waals surface area contributed by atoms with Gasteiger partial charge in [-0.2, -0.15) is 0 Å². The highest BCUT2D eigenvalue weighted by atomic mass is 32.2. The van der Waals surface area contributed by atoms with Crippen molar-refractivity contribution in [3.05, 3.63) is 57.4 Å². The molecule has 1 aromatic heterocycles. The lowest BCUT2D eigenvalue weighted by atomic mass is 10.0. The molecule has 0 radical (unpaired) electrons. The van der Waals surface area contributed by atoms with E-state index < -0.39 is 0 Å². The average molecular weight is 325 g/mol. The zero-order chi connectivity index (χ0) is 14.9. The van der Waals surface area contributed by atoms with Crippen molar-refractivity contribution >= 4 is 40.1 Å². The van der Waals surface area contributed by atoms with Crippen LogP contribution in [0.25, 0.3) is 5.57 Å². The molecule has 0 saturated carbocycles. The Morgan fingerprint density at radius 2 is 2.14 bits per heavy atom. The van der Waals surface area contributed by atoms with Gasteiger partial charge in [-0.1, -0.05) is 30.0 Å². The number of hydrogen-bond donors (Lipinski definition) is 1. The van der Waals surface area contributed by atoms with Crippen molar-refractivity contribution in [2.75, 3.05) is 7.05 Å². The van der Waals surface area contributed by atoms with Gasteiger partial charge < -0.3 is 5.32 Å². The molecular formula is C17H15N3S2. The van der Waals surface area contributed by atoms with Gasteiger partial charge >= 0.3 is 0 Å². The summed E-state index contributed by atoms with van der Waals surface area (Å²) in [7, 11) is 1.95. The van der Waals surface area contributed by atoms with Crippen molar-refractivity contribution in [2.24, 2.45) is 4.99 Å². The van der Waals surface area contributed by atoms with Crippen molar-refractivity contribution in [2.45, 2.75) is 17.9 Å². The molecule has 1 aliphatic heterocycles. The molecule has 2 heterocycles. The minimum absolute atomic E-state index is 0.823. The van der Waals surface area contributed by atoms with Gasteiger partial charge in [-0.25, -0.2) is 4.98 Å². The molecule has 4 rings (SSSR count). The van der Waals surface area contributed by atoms with Crippen LogP contribution in [0.2, 0.25) is 0 Å². The zero-order valence-corrected chi connectivity index (χ0v) is 13.8. The van der Waals surface area contributed by atoms with E-state index in [0.29, 0.717) is 0 Å². The van der Waals surface area contributed by atoms with Crippen LogP contribution >= 0.6 is 23.1 Å². The summed E-state index contributed by atoms with van der Waals surface area (Å²) < 4.78 is 0. The summed E-state index contributed by atoms with van der Waals surface area (Å²) in [4.78, 5) is 12.0. The molecule has 0 atom stereocenters. The highest BCUT2D eigenvalue weighted by molar-refractivity contribution is 8.04. The molecule has 1 N–H and O–H groups in total. The third kappa shape index (κ3) is 2.56. The van der Waals surface area contributed by atoms with E-state index in [2.05, 4.69) is 41.0 Å².